The van der Waals surface area contributed by atoms with Crippen LogP contribution in [0, 0.1) is 13.8 Å². The Kier molecular flexibility index (Phi) is 2.91. The van der Waals surface area contributed by atoms with Gasteiger partial charge in [-0.15, -0.1) is 5.10 Å². The van der Waals surface area contributed by atoms with Gasteiger partial charge in [0.25, 0.3) is 5.95 Å². The van der Waals surface area contributed by atoms with Gasteiger partial charge in [0.15, 0.2) is 0 Å². The summed E-state index contributed by atoms with van der Waals surface area (Å²) in [6.07, 6.45) is 4.33. The number of aromatic nitrogens is 5. The van der Waals surface area contributed by atoms with Gasteiger partial charge in [-0.05, 0) is 32.4 Å². The predicted octanol–water partition coefficient (Wildman–Crippen LogP) is 0.175. The van der Waals surface area contributed by atoms with Crippen LogP contribution in [0.15, 0.2) is 12.4 Å². The Morgan fingerprint density at radius 2 is 1.94 bits per heavy atom. The second-order valence-electron chi connectivity index (χ2n) is 3.55. The topological polar surface area (TPSA) is 82.5 Å². The molecule has 0 saturated carbocycles. The summed E-state index contributed by atoms with van der Waals surface area (Å²) < 4.78 is 1.63. The lowest BCUT2D eigenvalue weighted by atomic mass is 10.2. The van der Waals surface area contributed by atoms with Crippen molar-refractivity contribution < 1.29 is 0 Å². The molecule has 0 unspecified atom stereocenters. The third kappa shape index (κ3) is 2.06. The first-order valence-corrected chi connectivity index (χ1v) is 5.12. The van der Waals surface area contributed by atoms with Gasteiger partial charge in [-0.1, -0.05) is 0 Å². The summed E-state index contributed by atoms with van der Waals surface area (Å²) in [6.45, 7) is 4.31. The number of hydrogen-bond donors (Lipinski definition) is 1. The van der Waals surface area contributed by atoms with Crippen molar-refractivity contribution in [2.75, 3.05) is 6.54 Å². The molecule has 0 spiro atoms. The standard InChI is InChI=1S/C10H14N6/c1-7-14-8(2)16(15-7)10-12-5-9(3-4-11)6-13-10/h5-6H,3-4,11H2,1-2H3. The van der Waals surface area contributed by atoms with Crippen molar-refractivity contribution in [2.45, 2.75) is 20.3 Å². The van der Waals surface area contributed by atoms with Crippen molar-refractivity contribution in [1.29, 1.82) is 0 Å². The molecule has 2 rings (SSSR count). The van der Waals surface area contributed by atoms with Gasteiger partial charge in [0, 0.05) is 12.4 Å². The van der Waals surface area contributed by atoms with Crippen LogP contribution in [0.5, 0.6) is 0 Å². The van der Waals surface area contributed by atoms with Crippen molar-refractivity contribution in [3.05, 3.63) is 29.6 Å². The fraction of sp³-hybridized carbons (Fsp3) is 0.400. The third-order valence-electron chi connectivity index (χ3n) is 2.19. The van der Waals surface area contributed by atoms with E-state index in [1.807, 2.05) is 13.8 Å². The Balaban J connectivity index is 2.31. The van der Waals surface area contributed by atoms with Gasteiger partial charge in [-0.25, -0.2) is 15.0 Å². The summed E-state index contributed by atoms with van der Waals surface area (Å²) in [7, 11) is 0. The quantitative estimate of drug-likeness (QED) is 0.794. The Morgan fingerprint density at radius 1 is 1.25 bits per heavy atom. The molecule has 0 atom stereocenters. The number of rotatable bonds is 3. The fourth-order valence-electron chi connectivity index (χ4n) is 1.46. The van der Waals surface area contributed by atoms with E-state index in [1.54, 1.807) is 17.1 Å². The molecular formula is C10H14N6. The molecule has 0 aliphatic rings. The highest BCUT2D eigenvalue weighted by Crippen LogP contribution is 2.04. The van der Waals surface area contributed by atoms with Crippen LogP contribution < -0.4 is 5.73 Å². The summed E-state index contributed by atoms with van der Waals surface area (Å²) in [5.41, 5.74) is 6.48. The first-order valence-electron chi connectivity index (χ1n) is 5.12. The lowest BCUT2D eigenvalue weighted by Crippen LogP contribution is -2.07. The molecule has 6 heteroatoms. The van der Waals surface area contributed by atoms with Crippen LogP contribution in [-0.4, -0.2) is 31.3 Å². The lowest BCUT2D eigenvalue weighted by Gasteiger charge is -2.01. The molecule has 84 valence electrons. The second kappa shape index (κ2) is 4.36. The van der Waals surface area contributed by atoms with E-state index < -0.39 is 0 Å². The minimum Gasteiger partial charge on any atom is -0.330 e. The summed E-state index contributed by atoms with van der Waals surface area (Å²) >= 11 is 0. The van der Waals surface area contributed by atoms with Gasteiger partial charge >= 0.3 is 0 Å². The number of nitrogens with two attached hydrogens (primary N) is 1. The highest BCUT2D eigenvalue weighted by molar-refractivity contribution is 5.15. The average Bonchev–Trinajstić information content (AvgIpc) is 2.59. The van der Waals surface area contributed by atoms with Crippen LogP contribution in [0.2, 0.25) is 0 Å². The van der Waals surface area contributed by atoms with Gasteiger partial charge < -0.3 is 5.73 Å². The maximum atomic E-state index is 5.45. The summed E-state index contributed by atoms with van der Waals surface area (Å²) in [4.78, 5) is 12.7. The van der Waals surface area contributed by atoms with Crippen molar-refractivity contribution in [3.8, 4) is 5.95 Å². The molecular weight excluding hydrogens is 204 g/mol. The molecule has 0 amide bonds. The Morgan fingerprint density at radius 3 is 2.44 bits per heavy atom. The Hall–Kier alpha value is -1.82. The van der Waals surface area contributed by atoms with Crippen molar-refractivity contribution in [1.82, 2.24) is 24.7 Å². The molecule has 2 aromatic rings. The third-order valence-corrected chi connectivity index (χ3v) is 2.19. The molecule has 2 heterocycles. The molecule has 2 N–H and O–H groups in total. The van der Waals surface area contributed by atoms with Crippen molar-refractivity contribution in [3.63, 3.8) is 0 Å². The maximum absolute atomic E-state index is 5.45. The van der Waals surface area contributed by atoms with E-state index in [1.165, 1.54) is 0 Å². The fourth-order valence-corrected chi connectivity index (χ4v) is 1.46. The summed E-state index contributed by atoms with van der Waals surface area (Å²) in [6, 6.07) is 0. The van der Waals surface area contributed by atoms with E-state index in [-0.39, 0.29) is 0 Å². The van der Waals surface area contributed by atoms with E-state index >= 15 is 0 Å². The largest absolute Gasteiger partial charge is 0.330 e. The van der Waals surface area contributed by atoms with Crippen LogP contribution >= 0.6 is 0 Å². The first-order chi connectivity index (χ1) is 7.70. The van der Waals surface area contributed by atoms with Crippen LogP contribution in [-0.2, 0) is 6.42 Å². The van der Waals surface area contributed by atoms with Crippen LogP contribution in [0.4, 0.5) is 0 Å². The van der Waals surface area contributed by atoms with Crippen LogP contribution in [0.25, 0.3) is 5.95 Å². The summed E-state index contributed by atoms with van der Waals surface area (Å²) in [5.74, 6) is 2.04. The average molecular weight is 218 g/mol. The number of nitrogens with zero attached hydrogens (tertiary/aromatic N) is 5. The molecule has 0 aliphatic carbocycles. The highest BCUT2D eigenvalue weighted by Gasteiger charge is 2.07. The number of hydrogen-bond acceptors (Lipinski definition) is 5. The molecule has 6 nitrogen and oxygen atoms in total. The van der Waals surface area contributed by atoms with E-state index in [9.17, 15) is 0 Å². The van der Waals surface area contributed by atoms with E-state index in [0.717, 1.165) is 17.8 Å². The van der Waals surface area contributed by atoms with Gasteiger partial charge in [0.05, 0.1) is 0 Å². The molecule has 0 bridgehead atoms. The minimum atomic E-state index is 0.541. The van der Waals surface area contributed by atoms with E-state index in [2.05, 4.69) is 20.1 Å². The first kappa shape index (κ1) is 10.7. The predicted molar refractivity (Wildman–Crippen MR) is 59.2 cm³/mol. The molecule has 2 aromatic heterocycles. The molecule has 0 radical (unpaired) electrons. The smallest absolute Gasteiger partial charge is 0.252 e. The Labute approximate surface area is 93.6 Å². The molecule has 0 aromatic carbocycles. The van der Waals surface area contributed by atoms with Crippen LogP contribution in [0.3, 0.4) is 0 Å². The Bertz CT molecular complexity index is 473. The normalized spacial score (nSPS) is 10.7. The molecule has 0 aliphatic heterocycles. The zero-order valence-electron chi connectivity index (χ0n) is 9.38. The van der Waals surface area contributed by atoms with Crippen molar-refractivity contribution in [2.24, 2.45) is 5.73 Å². The monoisotopic (exact) mass is 218 g/mol. The SMILES string of the molecule is Cc1nc(C)n(-c2ncc(CCN)cn2)n1. The highest BCUT2D eigenvalue weighted by atomic mass is 15.4. The zero-order valence-corrected chi connectivity index (χ0v) is 9.38. The van der Waals surface area contributed by atoms with Crippen LogP contribution in [0.1, 0.15) is 17.2 Å². The second-order valence-corrected chi connectivity index (χ2v) is 3.55. The molecule has 0 saturated heterocycles. The van der Waals surface area contributed by atoms with Gasteiger partial charge in [-0.2, -0.15) is 4.68 Å². The van der Waals surface area contributed by atoms with Crippen molar-refractivity contribution >= 4 is 0 Å². The summed E-state index contributed by atoms with van der Waals surface area (Å²) in [5, 5.41) is 4.21. The maximum Gasteiger partial charge on any atom is 0.252 e. The van der Waals surface area contributed by atoms with E-state index in [0.29, 0.717) is 18.3 Å². The molecule has 0 fully saturated rings. The molecule has 16 heavy (non-hydrogen) atoms. The van der Waals surface area contributed by atoms with E-state index in [4.69, 9.17) is 5.73 Å². The number of aryl methyl sites for hydroxylation is 2. The minimum absolute atomic E-state index is 0.541. The van der Waals surface area contributed by atoms with Gasteiger partial charge in [-0.3, -0.25) is 0 Å². The zero-order chi connectivity index (χ0) is 11.5. The van der Waals surface area contributed by atoms with Gasteiger partial charge in [0.1, 0.15) is 11.6 Å². The van der Waals surface area contributed by atoms with Gasteiger partial charge in [0.2, 0.25) is 0 Å². The lowest BCUT2D eigenvalue weighted by molar-refractivity contribution is 0.765.